The minimum absolute atomic E-state index is 0.156. The van der Waals surface area contributed by atoms with E-state index in [1.807, 2.05) is 26.0 Å². The fourth-order valence-corrected chi connectivity index (χ4v) is 2.16. The van der Waals surface area contributed by atoms with E-state index < -0.39 is 0 Å². The Hall–Kier alpha value is -2.77. The van der Waals surface area contributed by atoms with Gasteiger partial charge in [-0.1, -0.05) is 18.1 Å². The molecule has 25 heavy (non-hydrogen) atoms. The number of nitrogens with one attached hydrogen (secondary N) is 2. The van der Waals surface area contributed by atoms with Crippen LogP contribution in [0, 0.1) is 6.92 Å². The second-order valence-corrected chi connectivity index (χ2v) is 5.67. The molecule has 0 aliphatic rings. The molecule has 2 amide bonds. The second-order valence-electron chi connectivity index (χ2n) is 5.67. The highest BCUT2D eigenvalue weighted by Gasteiger charge is 2.09. The van der Waals surface area contributed by atoms with Crippen LogP contribution in [-0.2, 0) is 22.4 Å². The molecule has 8 nitrogen and oxygen atoms in total. The Morgan fingerprint density at radius 2 is 1.96 bits per heavy atom. The minimum atomic E-state index is -0.195. The lowest BCUT2D eigenvalue weighted by atomic mass is 10.3. The zero-order chi connectivity index (χ0) is 18.1. The van der Waals surface area contributed by atoms with E-state index in [1.54, 1.807) is 6.07 Å². The maximum atomic E-state index is 11.8. The summed E-state index contributed by atoms with van der Waals surface area (Å²) < 4.78 is 5.07. The number of aryl methyl sites for hydroxylation is 3. The molecule has 0 aromatic carbocycles. The molecule has 0 spiro atoms. The molecule has 134 valence electrons. The number of anilines is 1. The lowest BCUT2D eigenvalue weighted by Crippen LogP contribution is -2.28. The van der Waals surface area contributed by atoms with Gasteiger partial charge < -0.3 is 15.2 Å². The predicted molar refractivity (Wildman–Crippen MR) is 91.8 cm³/mol. The van der Waals surface area contributed by atoms with Gasteiger partial charge in [0.1, 0.15) is 5.82 Å². The van der Waals surface area contributed by atoms with Gasteiger partial charge in [0.05, 0.1) is 0 Å². The molecular formula is C17H23N5O3. The van der Waals surface area contributed by atoms with E-state index >= 15 is 0 Å². The SMILES string of the molecule is CCCc1noc(CCC(=O)NCCC(=O)Nc2cccc(C)n2)n1. The zero-order valence-corrected chi connectivity index (χ0v) is 14.5. The Labute approximate surface area is 146 Å². The lowest BCUT2D eigenvalue weighted by molar-refractivity contribution is -0.121. The van der Waals surface area contributed by atoms with Crippen LogP contribution >= 0.6 is 0 Å². The van der Waals surface area contributed by atoms with Crippen molar-refractivity contribution in [1.29, 1.82) is 0 Å². The second kappa shape index (κ2) is 9.51. The maximum absolute atomic E-state index is 11.8. The zero-order valence-electron chi connectivity index (χ0n) is 14.5. The van der Waals surface area contributed by atoms with E-state index in [4.69, 9.17) is 4.52 Å². The summed E-state index contributed by atoms with van der Waals surface area (Å²) in [6.07, 6.45) is 2.53. The number of hydrogen-bond donors (Lipinski definition) is 2. The standard InChI is InChI=1S/C17H23N5O3/c1-3-5-14-21-17(25-22-14)9-8-15(23)18-11-10-16(24)20-13-7-4-6-12(2)19-13/h4,6-7H,3,5,8-11H2,1-2H3,(H,18,23)(H,19,20,24). The molecule has 0 fully saturated rings. The van der Waals surface area contributed by atoms with Crippen LogP contribution < -0.4 is 10.6 Å². The van der Waals surface area contributed by atoms with Crippen LogP contribution in [0.15, 0.2) is 22.7 Å². The van der Waals surface area contributed by atoms with Crippen molar-refractivity contribution >= 4 is 17.6 Å². The van der Waals surface area contributed by atoms with Crippen molar-refractivity contribution in [2.24, 2.45) is 0 Å². The first-order chi connectivity index (χ1) is 12.1. The Morgan fingerprint density at radius 3 is 2.72 bits per heavy atom. The Bertz CT molecular complexity index is 714. The normalized spacial score (nSPS) is 10.5. The van der Waals surface area contributed by atoms with E-state index in [0.717, 1.165) is 18.5 Å². The highest BCUT2D eigenvalue weighted by atomic mass is 16.5. The van der Waals surface area contributed by atoms with Crippen LogP contribution in [0.2, 0.25) is 0 Å². The summed E-state index contributed by atoms with van der Waals surface area (Å²) >= 11 is 0. The number of rotatable bonds is 9. The van der Waals surface area contributed by atoms with Crippen LogP contribution in [0.1, 0.15) is 43.6 Å². The van der Waals surface area contributed by atoms with Gasteiger partial charge >= 0.3 is 0 Å². The molecule has 0 saturated heterocycles. The number of nitrogens with zero attached hydrogens (tertiary/aromatic N) is 3. The number of hydrogen-bond acceptors (Lipinski definition) is 6. The minimum Gasteiger partial charge on any atom is -0.356 e. The average molecular weight is 345 g/mol. The monoisotopic (exact) mass is 345 g/mol. The summed E-state index contributed by atoms with van der Waals surface area (Å²) in [5, 5.41) is 9.24. The molecule has 0 aliphatic heterocycles. The molecule has 2 N–H and O–H groups in total. The molecule has 0 radical (unpaired) electrons. The highest BCUT2D eigenvalue weighted by molar-refractivity contribution is 5.90. The Balaban J connectivity index is 1.63. The largest absolute Gasteiger partial charge is 0.356 e. The van der Waals surface area contributed by atoms with Gasteiger partial charge in [-0.25, -0.2) is 4.98 Å². The molecule has 0 bridgehead atoms. The number of pyridine rings is 1. The van der Waals surface area contributed by atoms with Gasteiger partial charge in [0.25, 0.3) is 0 Å². The van der Waals surface area contributed by atoms with Crippen molar-refractivity contribution in [3.8, 4) is 0 Å². The van der Waals surface area contributed by atoms with E-state index in [0.29, 0.717) is 24.0 Å². The van der Waals surface area contributed by atoms with E-state index in [9.17, 15) is 9.59 Å². The number of amides is 2. The summed E-state index contributed by atoms with van der Waals surface area (Å²) in [6.45, 7) is 4.15. The van der Waals surface area contributed by atoms with Crippen molar-refractivity contribution in [1.82, 2.24) is 20.4 Å². The van der Waals surface area contributed by atoms with Crippen molar-refractivity contribution in [3.63, 3.8) is 0 Å². The van der Waals surface area contributed by atoms with Gasteiger partial charge in [-0.05, 0) is 25.5 Å². The van der Waals surface area contributed by atoms with Gasteiger partial charge in [0.2, 0.25) is 17.7 Å². The highest BCUT2D eigenvalue weighted by Crippen LogP contribution is 2.05. The van der Waals surface area contributed by atoms with Crippen LogP contribution in [0.25, 0.3) is 0 Å². The lowest BCUT2D eigenvalue weighted by Gasteiger charge is -2.06. The van der Waals surface area contributed by atoms with Crippen LogP contribution in [0.4, 0.5) is 5.82 Å². The quantitative estimate of drug-likeness (QED) is 0.717. The van der Waals surface area contributed by atoms with Crippen molar-refractivity contribution < 1.29 is 14.1 Å². The first-order valence-corrected chi connectivity index (χ1v) is 8.38. The third-order valence-electron chi connectivity index (χ3n) is 3.38. The van der Waals surface area contributed by atoms with Gasteiger partial charge in [-0.3, -0.25) is 9.59 Å². The molecule has 0 saturated carbocycles. The third-order valence-corrected chi connectivity index (χ3v) is 3.38. The summed E-state index contributed by atoms with van der Waals surface area (Å²) in [7, 11) is 0. The van der Waals surface area contributed by atoms with Gasteiger partial charge in [-0.2, -0.15) is 4.98 Å². The molecule has 0 aliphatic carbocycles. The molecule has 0 unspecified atom stereocenters. The molecule has 2 aromatic heterocycles. The van der Waals surface area contributed by atoms with Crippen molar-refractivity contribution in [2.75, 3.05) is 11.9 Å². The van der Waals surface area contributed by atoms with Crippen LogP contribution in [0.3, 0.4) is 0 Å². The molecular weight excluding hydrogens is 322 g/mol. The van der Waals surface area contributed by atoms with E-state index in [1.165, 1.54) is 0 Å². The fraction of sp³-hybridized carbons (Fsp3) is 0.471. The number of carbonyl (C=O) groups is 2. The van der Waals surface area contributed by atoms with Crippen LogP contribution in [0.5, 0.6) is 0 Å². The predicted octanol–water partition coefficient (Wildman–Crippen LogP) is 1.80. The molecule has 0 atom stereocenters. The molecule has 2 aromatic rings. The molecule has 8 heteroatoms. The first kappa shape index (κ1) is 18.6. The first-order valence-electron chi connectivity index (χ1n) is 8.38. The molecule has 2 rings (SSSR count). The van der Waals surface area contributed by atoms with Gasteiger partial charge in [-0.15, -0.1) is 0 Å². The summed E-state index contributed by atoms with van der Waals surface area (Å²) in [6, 6.07) is 5.40. The van der Waals surface area contributed by atoms with Gasteiger partial charge in [0.15, 0.2) is 5.82 Å². The fourth-order valence-electron chi connectivity index (χ4n) is 2.16. The summed E-state index contributed by atoms with van der Waals surface area (Å²) in [5.41, 5.74) is 0.828. The maximum Gasteiger partial charge on any atom is 0.227 e. The smallest absolute Gasteiger partial charge is 0.227 e. The number of carbonyl (C=O) groups excluding carboxylic acids is 2. The molecule has 2 heterocycles. The number of aromatic nitrogens is 3. The van der Waals surface area contributed by atoms with Gasteiger partial charge in [0, 0.05) is 37.9 Å². The van der Waals surface area contributed by atoms with E-state index in [2.05, 4.69) is 25.8 Å². The topological polar surface area (TPSA) is 110 Å². The van der Waals surface area contributed by atoms with E-state index in [-0.39, 0.29) is 31.2 Å². The summed E-state index contributed by atoms with van der Waals surface area (Å²) in [4.78, 5) is 32.0. The van der Waals surface area contributed by atoms with Crippen molar-refractivity contribution in [2.45, 2.75) is 46.0 Å². The summed E-state index contributed by atoms with van der Waals surface area (Å²) in [5.74, 6) is 1.29. The average Bonchev–Trinajstić information content (AvgIpc) is 3.01. The van der Waals surface area contributed by atoms with Crippen LogP contribution in [-0.4, -0.2) is 33.5 Å². The van der Waals surface area contributed by atoms with Crippen molar-refractivity contribution in [3.05, 3.63) is 35.6 Å². The Morgan fingerprint density at radius 1 is 1.12 bits per heavy atom. The Kier molecular flexibility index (Phi) is 7.06. The third kappa shape index (κ3) is 6.70.